The Bertz CT molecular complexity index is 842. The van der Waals surface area contributed by atoms with Gasteiger partial charge in [-0.05, 0) is 31.0 Å². The summed E-state index contributed by atoms with van der Waals surface area (Å²) in [6.07, 6.45) is -3.67. The number of benzene rings is 1. The van der Waals surface area contributed by atoms with Gasteiger partial charge in [-0.3, -0.25) is 14.4 Å². The highest BCUT2D eigenvalue weighted by Crippen LogP contribution is 2.29. The van der Waals surface area contributed by atoms with Crippen LogP contribution in [0.5, 0.6) is 5.75 Å². The van der Waals surface area contributed by atoms with Crippen molar-refractivity contribution in [1.82, 2.24) is 19.6 Å². The number of ether oxygens (including phenoxy) is 1. The van der Waals surface area contributed by atoms with Crippen LogP contribution >= 0.6 is 0 Å². The lowest BCUT2D eigenvalue weighted by atomic mass is 10.2. The Labute approximate surface area is 167 Å². The van der Waals surface area contributed by atoms with Gasteiger partial charge in [0.1, 0.15) is 11.4 Å². The Morgan fingerprint density at radius 1 is 1.17 bits per heavy atom. The highest BCUT2D eigenvalue weighted by molar-refractivity contribution is 5.92. The van der Waals surface area contributed by atoms with Crippen LogP contribution in [0.2, 0.25) is 0 Å². The highest BCUT2D eigenvalue weighted by Gasteiger charge is 2.36. The largest absolute Gasteiger partial charge is 0.494 e. The van der Waals surface area contributed by atoms with Crippen molar-refractivity contribution in [3.63, 3.8) is 0 Å². The van der Waals surface area contributed by atoms with Gasteiger partial charge in [0.15, 0.2) is 5.69 Å². The molecule has 0 atom stereocenters. The lowest BCUT2D eigenvalue weighted by Crippen LogP contribution is -2.49. The molecule has 0 N–H and O–H groups in total. The number of aryl methyl sites for hydroxylation is 2. The molecule has 1 amide bonds. The number of hydrogen-bond acceptors (Lipinski definition) is 4. The van der Waals surface area contributed by atoms with Gasteiger partial charge in [0.25, 0.3) is 5.91 Å². The van der Waals surface area contributed by atoms with Crippen LogP contribution in [0.15, 0.2) is 30.3 Å². The predicted molar refractivity (Wildman–Crippen MR) is 102 cm³/mol. The first-order valence-corrected chi connectivity index (χ1v) is 9.56. The minimum atomic E-state index is -4.53. The minimum absolute atomic E-state index is 0.167. The smallest absolute Gasteiger partial charge is 0.433 e. The summed E-state index contributed by atoms with van der Waals surface area (Å²) in [6.45, 7) is 5.75. The molecule has 1 aromatic heterocycles. The maximum atomic E-state index is 12.9. The fourth-order valence-corrected chi connectivity index (χ4v) is 3.36. The molecule has 1 aliphatic rings. The lowest BCUT2D eigenvalue weighted by molar-refractivity contribution is -0.143. The minimum Gasteiger partial charge on any atom is -0.494 e. The van der Waals surface area contributed by atoms with Crippen LogP contribution in [0.3, 0.4) is 0 Å². The van der Waals surface area contributed by atoms with Crippen LogP contribution < -0.4 is 4.74 Å². The van der Waals surface area contributed by atoms with Gasteiger partial charge in [0.05, 0.1) is 6.61 Å². The molecule has 1 saturated heterocycles. The molecule has 1 fully saturated rings. The van der Waals surface area contributed by atoms with Crippen molar-refractivity contribution in [2.75, 3.05) is 39.3 Å². The van der Waals surface area contributed by atoms with E-state index in [1.165, 1.54) is 7.05 Å². The molecule has 6 nitrogen and oxygen atoms in total. The molecule has 0 bridgehead atoms. The number of nitrogens with zero attached hydrogens (tertiary/aromatic N) is 4. The summed E-state index contributed by atoms with van der Waals surface area (Å²) in [4.78, 5) is 16.3. The summed E-state index contributed by atoms with van der Waals surface area (Å²) in [6, 6.07) is 8.71. The number of carbonyl (C=O) groups excluding carboxylic acids is 1. The topological polar surface area (TPSA) is 50.6 Å². The van der Waals surface area contributed by atoms with Gasteiger partial charge in [0, 0.05) is 45.8 Å². The van der Waals surface area contributed by atoms with E-state index in [0.717, 1.165) is 30.3 Å². The summed E-state index contributed by atoms with van der Waals surface area (Å²) in [5, 5.41) is 3.74. The van der Waals surface area contributed by atoms with Crippen molar-refractivity contribution >= 4 is 5.91 Å². The van der Waals surface area contributed by atoms with Gasteiger partial charge in [-0.2, -0.15) is 18.3 Å². The van der Waals surface area contributed by atoms with E-state index < -0.39 is 17.8 Å². The van der Waals surface area contributed by atoms with E-state index in [4.69, 9.17) is 4.74 Å². The van der Waals surface area contributed by atoms with Crippen LogP contribution in [0.25, 0.3) is 0 Å². The van der Waals surface area contributed by atoms with Crippen molar-refractivity contribution < 1.29 is 22.7 Å². The standard InChI is InChI=1S/C20H25F3N4O2/c1-15-5-3-6-16(13-15)29-12-4-7-26-8-10-27(11-9-26)19(28)17-14-18(20(21,22)23)25(2)24-17/h3,5-6,13-14H,4,7-12H2,1-2H3. The fraction of sp³-hybridized carbons (Fsp3) is 0.500. The van der Waals surface area contributed by atoms with Gasteiger partial charge in [-0.25, -0.2) is 0 Å². The van der Waals surface area contributed by atoms with Crippen LogP contribution in [0.1, 0.15) is 28.2 Å². The van der Waals surface area contributed by atoms with Crippen LogP contribution in [-0.4, -0.2) is 64.8 Å². The molecule has 0 spiro atoms. The second-order valence-electron chi connectivity index (χ2n) is 7.19. The molecule has 1 aliphatic heterocycles. The Morgan fingerprint density at radius 2 is 1.90 bits per heavy atom. The zero-order valence-electron chi connectivity index (χ0n) is 16.6. The van der Waals surface area contributed by atoms with Crippen molar-refractivity contribution in [2.24, 2.45) is 7.05 Å². The molecule has 0 radical (unpaired) electrons. The van der Waals surface area contributed by atoms with Crippen molar-refractivity contribution in [3.8, 4) is 5.75 Å². The predicted octanol–water partition coefficient (Wildman–Crippen LogP) is 2.97. The summed E-state index contributed by atoms with van der Waals surface area (Å²) in [5.74, 6) is 0.396. The van der Waals surface area contributed by atoms with Gasteiger partial charge in [-0.15, -0.1) is 0 Å². The molecule has 0 aliphatic carbocycles. The molecular formula is C20H25F3N4O2. The number of rotatable bonds is 6. The number of alkyl halides is 3. The summed E-state index contributed by atoms with van der Waals surface area (Å²) >= 11 is 0. The Morgan fingerprint density at radius 3 is 2.52 bits per heavy atom. The molecule has 0 saturated carbocycles. The first kappa shape index (κ1) is 21.2. The van der Waals surface area contributed by atoms with Crippen LogP contribution in [-0.2, 0) is 13.2 Å². The zero-order chi connectivity index (χ0) is 21.0. The summed E-state index contributed by atoms with van der Waals surface area (Å²) in [7, 11) is 1.19. The molecule has 0 unspecified atom stereocenters. The third-order valence-corrected chi connectivity index (χ3v) is 4.93. The van der Waals surface area contributed by atoms with E-state index >= 15 is 0 Å². The monoisotopic (exact) mass is 410 g/mol. The van der Waals surface area contributed by atoms with E-state index in [1.54, 1.807) is 4.90 Å². The van der Waals surface area contributed by atoms with E-state index in [-0.39, 0.29) is 5.69 Å². The van der Waals surface area contributed by atoms with E-state index in [0.29, 0.717) is 37.5 Å². The van der Waals surface area contributed by atoms with Gasteiger partial charge in [-0.1, -0.05) is 12.1 Å². The second-order valence-corrected chi connectivity index (χ2v) is 7.19. The quantitative estimate of drug-likeness (QED) is 0.687. The van der Waals surface area contributed by atoms with E-state index in [9.17, 15) is 18.0 Å². The molecule has 2 heterocycles. The maximum absolute atomic E-state index is 12.9. The highest BCUT2D eigenvalue weighted by atomic mass is 19.4. The van der Waals surface area contributed by atoms with Crippen molar-refractivity contribution in [3.05, 3.63) is 47.3 Å². The molecule has 158 valence electrons. The second kappa shape index (κ2) is 8.86. The maximum Gasteiger partial charge on any atom is 0.433 e. The van der Waals surface area contributed by atoms with Gasteiger partial charge in [0.2, 0.25) is 0 Å². The third-order valence-electron chi connectivity index (χ3n) is 4.93. The number of hydrogen-bond donors (Lipinski definition) is 0. The van der Waals surface area contributed by atoms with E-state index in [1.807, 2.05) is 31.2 Å². The molecule has 3 rings (SSSR count). The number of carbonyl (C=O) groups is 1. The average molecular weight is 410 g/mol. The summed E-state index contributed by atoms with van der Waals surface area (Å²) < 4.78 is 45.1. The van der Waals surface area contributed by atoms with Crippen molar-refractivity contribution in [2.45, 2.75) is 19.5 Å². The van der Waals surface area contributed by atoms with Crippen LogP contribution in [0, 0.1) is 6.92 Å². The molecule has 2 aromatic rings. The SMILES string of the molecule is Cc1cccc(OCCCN2CCN(C(=O)c3cc(C(F)(F)F)n(C)n3)CC2)c1. The van der Waals surface area contributed by atoms with E-state index in [2.05, 4.69) is 10.00 Å². The van der Waals surface area contributed by atoms with Gasteiger partial charge >= 0.3 is 6.18 Å². The average Bonchev–Trinajstić information content (AvgIpc) is 3.07. The molecular weight excluding hydrogens is 385 g/mol. The fourth-order valence-electron chi connectivity index (χ4n) is 3.36. The van der Waals surface area contributed by atoms with Gasteiger partial charge < -0.3 is 9.64 Å². The lowest BCUT2D eigenvalue weighted by Gasteiger charge is -2.34. The zero-order valence-corrected chi connectivity index (χ0v) is 16.6. The molecule has 9 heteroatoms. The number of amides is 1. The number of halogens is 3. The Hall–Kier alpha value is -2.55. The normalized spacial score (nSPS) is 15.6. The first-order chi connectivity index (χ1) is 13.7. The first-order valence-electron chi connectivity index (χ1n) is 9.56. The molecule has 29 heavy (non-hydrogen) atoms. The van der Waals surface area contributed by atoms with Crippen LogP contribution in [0.4, 0.5) is 13.2 Å². The molecule has 1 aromatic carbocycles. The third kappa shape index (κ3) is 5.50. The Kier molecular flexibility index (Phi) is 6.46. The summed E-state index contributed by atoms with van der Waals surface area (Å²) in [5.41, 5.74) is 0.0616. The number of piperazine rings is 1. The number of aromatic nitrogens is 2. The Balaban J connectivity index is 1.42. The van der Waals surface area contributed by atoms with Crippen molar-refractivity contribution in [1.29, 1.82) is 0 Å².